The van der Waals surface area contributed by atoms with Gasteiger partial charge >= 0.3 is 11.9 Å². The van der Waals surface area contributed by atoms with Gasteiger partial charge in [0.15, 0.2) is 12.4 Å². The monoisotopic (exact) mass is 443 g/mol. The predicted octanol–water partition coefficient (Wildman–Crippen LogP) is 3.44. The minimum Gasteiger partial charge on any atom is -0.465 e. The van der Waals surface area contributed by atoms with Gasteiger partial charge in [-0.05, 0) is 38.5 Å². The third-order valence-corrected chi connectivity index (χ3v) is 5.53. The number of hydrogen-bond acceptors (Lipinski definition) is 9. The van der Waals surface area contributed by atoms with Crippen molar-refractivity contribution < 1.29 is 28.4 Å². The third-order valence-electron chi connectivity index (χ3n) is 4.47. The molecule has 162 valence electrons. The van der Waals surface area contributed by atoms with Gasteiger partial charge in [-0.1, -0.05) is 17.3 Å². The van der Waals surface area contributed by atoms with Gasteiger partial charge in [0.05, 0.1) is 29.7 Å². The maximum Gasteiger partial charge on any atom is 0.339 e. The highest BCUT2D eigenvalue weighted by atomic mass is 32.2. The second-order valence-corrected chi connectivity index (χ2v) is 7.65. The molecule has 9 nitrogen and oxygen atoms in total. The predicted molar refractivity (Wildman–Crippen MR) is 111 cm³/mol. The van der Waals surface area contributed by atoms with E-state index in [1.165, 1.54) is 18.9 Å². The first-order valence-corrected chi connectivity index (χ1v) is 10.3. The molecule has 0 bridgehead atoms. The molecule has 2 heterocycles. The minimum absolute atomic E-state index is 0.208. The van der Waals surface area contributed by atoms with Crippen molar-refractivity contribution >= 4 is 29.5 Å². The molecule has 10 heteroatoms. The number of aromatic nitrogens is 3. The molecule has 0 aliphatic rings. The van der Waals surface area contributed by atoms with Crippen LogP contribution in [0.5, 0.6) is 0 Å². The second kappa shape index (κ2) is 9.61. The smallest absolute Gasteiger partial charge is 0.339 e. The fraction of sp³-hybridized carbons (Fsp3) is 0.286. The summed E-state index contributed by atoms with van der Waals surface area (Å²) in [6.45, 7) is 4.56. The van der Waals surface area contributed by atoms with E-state index >= 15 is 0 Å². The molecule has 1 N–H and O–H groups in total. The van der Waals surface area contributed by atoms with E-state index in [9.17, 15) is 14.4 Å². The van der Waals surface area contributed by atoms with E-state index in [1.54, 1.807) is 45.0 Å². The van der Waals surface area contributed by atoms with Crippen LogP contribution in [0.25, 0.3) is 0 Å². The number of carbonyl (C=O) groups is 3. The lowest BCUT2D eigenvalue weighted by Crippen LogP contribution is -2.16. The average molecular weight is 443 g/mol. The van der Waals surface area contributed by atoms with E-state index in [2.05, 4.69) is 15.1 Å². The summed E-state index contributed by atoms with van der Waals surface area (Å²) in [6, 6.07) is 6.89. The van der Waals surface area contributed by atoms with Crippen LogP contribution in [0.2, 0.25) is 0 Å². The number of esters is 2. The maximum absolute atomic E-state index is 12.6. The van der Waals surface area contributed by atoms with E-state index in [4.69, 9.17) is 14.0 Å². The lowest BCUT2D eigenvalue weighted by molar-refractivity contribution is 0.0469. The summed E-state index contributed by atoms with van der Waals surface area (Å²) in [5.74, 6) is -0.249. The number of thioether (sulfide) groups is 1. The van der Waals surface area contributed by atoms with Crippen LogP contribution in [0, 0.1) is 20.8 Å². The molecule has 0 saturated heterocycles. The van der Waals surface area contributed by atoms with Crippen molar-refractivity contribution in [3.63, 3.8) is 0 Å². The van der Waals surface area contributed by atoms with Crippen LogP contribution in [-0.4, -0.2) is 46.6 Å². The third kappa shape index (κ3) is 5.02. The van der Waals surface area contributed by atoms with E-state index in [1.807, 2.05) is 0 Å². The number of aryl methyl sites for hydroxylation is 2. The maximum atomic E-state index is 12.6. The number of nitrogens with one attached hydrogen (secondary N) is 1. The summed E-state index contributed by atoms with van der Waals surface area (Å²) < 4.78 is 15.1. The van der Waals surface area contributed by atoms with Crippen molar-refractivity contribution in [2.45, 2.75) is 31.4 Å². The molecule has 1 aromatic carbocycles. The standard InChI is InChI=1S/C21H21N3O6S/c1-11-18(21(27)28-4)12(2)22-19(11)15(25)9-29-20(26)14-7-5-6-8-16(14)31-10-17-23-13(3)24-30-17/h5-8,22H,9-10H2,1-4H3. The number of benzene rings is 1. The second-order valence-electron chi connectivity index (χ2n) is 6.64. The molecule has 0 spiro atoms. The minimum atomic E-state index is -0.632. The number of Topliss-reactive ketones (excluding diaryl/α,β-unsaturated/α-hetero) is 1. The van der Waals surface area contributed by atoms with E-state index in [-0.39, 0.29) is 5.69 Å². The molecule has 0 fully saturated rings. The number of rotatable bonds is 8. The molecule has 3 aromatic rings. The number of ether oxygens (including phenoxy) is 2. The van der Waals surface area contributed by atoms with Crippen molar-refractivity contribution in [1.82, 2.24) is 15.1 Å². The van der Waals surface area contributed by atoms with Crippen LogP contribution in [0.1, 0.15) is 54.2 Å². The summed E-state index contributed by atoms with van der Waals surface area (Å²) in [6.07, 6.45) is 0. The zero-order valence-corrected chi connectivity index (χ0v) is 18.3. The first-order chi connectivity index (χ1) is 14.8. The van der Waals surface area contributed by atoms with Gasteiger partial charge in [0.2, 0.25) is 11.7 Å². The molecule has 0 unspecified atom stereocenters. The first-order valence-electron chi connectivity index (χ1n) is 9.30. The Labute approximate surface area is 182 Å². The molecule has 3 rings (SSSR count). The SMILES string of the molecule is COC(=O)c1c(C)[nH]c(C(=O)COC(=O)c2ccccc2SCc2nc(C)no2)c1C. The lowest BCUT2D eigenvalue weighted by Gasteiger charge is -2.08. The quantitative estimate of drug-likeness (QED) is 0.317. The van der Waals surface area contributed by atoms with Crippen LogP contribution >= 0.6 is 11.8 Å². The average Bonchev–Trinajstić information content (AvgIpc) is 3.31. The van der Waals surface area contributed by atoms with Gasteiger partial charge in [-0.3, -0.25) is 4.79 Å². The fourth-order valence-electron chi connectivity index (χ4n) is 3.02. The number of ketones is 1. The van der Waals surface area contributed by atoms with Crippen LogP contribution in [0.3, 0.4) is 0 Å². The largest absolute Gasteiger partial charge is 0.465 e. The van der Waals surface area contributed by atoms with Gasteiger partial charge in [-0.25, -0.2) is 9.59 Å². The molecule has 0 saturated carbocycles. The first kappa shape index (κ1) is 22.3. The normalized spacial score (nSPS) is 10.7. The highest BCUT2D eigenvalue weighted by molar-refractivity contribution is 7.98. The van der Waals surface area contributed by atoms with Gasteiger partial charge in [0.1, 0.15) is 0 Å². The molecular weight excluding hydrogens is 422 g/mol. The lowest BCUT2D eigenvalue weighted by atomic mass is 10.1. The van der Waals surface area contributed by atoms with Crippen molar-refractivity contribution in [2.24, 2.45) is 0 Å². The Morgan fingerprint density at radius 3 is 2.55 bits per heavy atom. The topological polar surface area (TPSA) is 124 Å². The van der Waals surface area contributed by atoms with Crippen LogP contribution < -0.4 is 0 Å². The molecule has 0 amide bonds. The van der Waals surface area contributed by atoms with E-state index in [0.29, 0.717) is 44.7 Å². The molecule has 31 heavy (non-hydrogen) atoms. The van der Waals surface area contributed by atoms with Crippen LogP contribution in [-0.2, 0) is 15.2 Å². The Kier molecular flexibility index (Phi) is 6.91. The molecule has 0 aliphatic carbocycles. The van der Waals surface area contributed by atoms with Crippen LogP contribution in [0.15, 0.2) is 33.7 Å². The molecule has 0 radical (unpaired) electrons. The Morgan fingerprint density at radius 2 is 1.87 bits per heavy atom. The van der Waals surface area contributed by atoms with E-state index < -0.39 is 24.3 Å². The molecular formula is C21H21N3O6S. The number of methoxy groups -OCH3 is 1. The number of aromatic amines is 1. The molecule has 2 aromatic heterocycles. The summed E-state index contributed by atoms with van der Waals surface area (Å²) in [5, 5.41) is 3.73. The number of H-pyrrole nitrogens is 1. The number of hydrogen-bond donors (Lipinski definition) is 1. The number of carbonyl (C=O) groups excluding carboxylic acids is 3. The highest BCUT2D eigenvalue weighted by Crippen LogP contribution is 2.26. The van der Waals surface area contributed by atoms with Crippen molar-refractivity contribution in [3.8, 4) is 0 Å². The Bertz CT molecular complexity index is 1130. The van der Waals surface area contributed by atoms with E-state index in [0.717, 1.165) is 0 Å². The fourth-order valence-corrected chi connectivity index (χ4v) is 3.90. The molecule has 0 aliphatic heterocycles. The van der Waals surface area contributed by atoms with Crippen LogP contribution in [0.4, 0.5) is 0 Å². The summed E-state index contributed by atoms with van der Waals surface area (Å²) >= 11 is 1.35. The van der Waals surface area contributed by atoms with Crippen molar-refractivity contribution in [1.29, 1.82) is 0 Å². The van der Waals surface area contributed by atoms with Crippen molar-refractivity contribution in [3.05, 3.63) is 64.1 Å². The Balaban J connectivity index is 1.67. The van der Waals surface area contributed by atoms with Gasteiger partial charge < -0.3 is 19.0 Å². The Morgan fingerprint density at radius 1 is 1.13 bits per heavy atom. The summed E-state index contributed by atoms with van der Waals surface area (Å²) in [7, 11) is 1.27. The number of nitrogens with zero attached hydrogens (tertiary/aromatic N) is 2. The highest BCUT2D eigenvalue weighted by Gasteiger charge is 2.23. The molecule has 0 atom stereocenters. The van der Waals surface area contributed by atoms with Crippen molar-refractivity contribution in [2.75, 3.05) is 13.7 Å². The van der Waals surface area contributed by atoms with Gasteiger partial charge in [-0.15, -0.1) is 11.8 Å². The summed E-state index contributed by atoms with van der Waals surface area (Å²) in [5.41, 5.74) is 1.80. The van der Waals surface area contributed by atoms with Gasteiger partial charge in [-0.2, -0.15) is 4.98 Å². The van der Waals surface area contributed by atoms with Gasteiger partial charge in [0, 0.05) is 10.6 Å². The zero-order chi connectivity index (χ0) is 22.5. The Hall–Kier alpha value is -3.40. The van der Waals surface area contributed by atoms with Gasteiger partial charge in [0.25, 0.3) is 0 Å². The summed E-state index contributed by atoms with van der Waals surface area (Å²) in [4.78, 5) is 44.7. The zero-order valence-electron chi connectivity index (χ0n) is 17.5.